The molecule has 5 nitrogen and oxygen atoms in total. The maximum absolute atomic E-state index is 11.5. The summed E-state index contributed by atoms with van der Waals surface area (Å²) in [5.41, 5.74) is 0.205. The van der Waals surface area contributed by atoms with Gasteiger partial charge < -0.3 is 10.1 Å². The number of esters is 1. The third-order valence-electron chi connectivity index (χ3n) is 2.80. The summed E-state index contributed by atoms with van der Waals surface area (Å²) in [6.07, 6.45) is 3.62. The van der Waals surface area contributed by atoms with Gasteiger partial charge in [0, 0.05) is 6.20 Å². The summed E-state index contributed by atoms with van der Waals surface area (Å²) in [4.78, 5) is 20.0. The number of carbonyl (C=O) groups is 1. The van der Waals surface area contributed by atoms with Crippen molar-refractivity contribution in [2.75, 3.05) is 13.7 Å². The van der Waals surface area contributed by atoms with Gasteiger partial charge in [-0.05, 0) is 32.9 Å². The van der Waals surface area contributed by atoms with E-state index in [0.29, 0.717) is 18.1 Å². The van der Waals surface area contributed by atoms with E-state index in [9.17, 15) is 4.79 Å². The summed E-state index contributed by atoms with van der Waals surface area (Å²) in [7, 11) is 1.88. The van der Waals surface area contributed by atoms with Gasteiger partial charge in [0.25, 0.3) is 0 Å². The zero-order chi connectivity index (χ0) is 11.6. The van der Waals surface area contributed by atoms with E-state index in [0.717, 1.165) is 12.8 Å². The lowest BCUT2D eigenvalue weighted by Gasteiger charge is -2.12. The number of hydrogen-bond acceptors (Lipinski definition) is 5. The van der Waals surface area contributed by atoms with Gasteiger partial charge in [0.1, 0.15) is 5.82 Å². The van der Waals surface area contributed by atoms with Crippen molar-refractivity contribution in [1.29, 1.82) is 0 Å². The van der Waals surface area contributed by atoms with Gasteiger partial charge in [-0.15, -0.1) is 0 Å². The third kappa shape index (κ3) is 1.90. The van der Waals surface area contributed by atoms with Crippen LogP contribution in [-0.2, 0) is 10.3 Å². The summed E-state index contributed by atoms with van der Waals surface area (Å²) in [6.45, 7) is 2.13. The Labute approximate surface area is 94.2 Å². The average molecular weight is 221 g/mol. The highest BCUT2D eigenvalue weighted by atomic mass is 16.5. The van der Waals surface area contributed by atoms with E-state index in [1.165, 1.54) is 0 Å². The molecule has 16 heavy (non-hydrogen) atoms. The number of carbonyl (C=O) groups excluding carboxylic acids is 1. The minimum atomic E-state index is -0.391. The lowest BCUT2D eigenvalue weighted by Crippen LogP contribution is -2.27. The van der Waals surface area contributed by atoms with Crippen LogP contribution in [0.3, 0.4) is 0 Å². The molecule has 1 aliphatic carbocycles. The van der Waals surface area contributed by atoms with Crippen LogP contribution in [-0.4, -0.2) is 29.6 Å². The molecule has 1 aliphatic rings. The monoisotopic (exact) mass is 221 g/mol. The van der Waals surface area contributed by atoms with Crippen LogP contribution in [0, 0.1) is 0 Å². The third-order valence-corrected chi connectivity index (χ3v) is 2.80. The molecule has 0 aliphatic heterocycles. The van der Waals surface area contributed by atoms with E-state index in [4.69, 9.17) is 4.74 Å². The Morgan fingerprint density at radius 1 is 1.62 bits per heavy atom. The first kappa shape index (κ1) is 11.0. The molecule has 0 aromatic carbocycles. The van der Waals surface area contributed by atoms with Crippen molar-refractivity contribution in [1.82, 2.24) is 15.3 Å². The minimum absolute atomic E-state index is 0.123. The van der Waals surface area contributed by atoms with Gasteiger partial charge in [-0.3, -0.25) is 0 Å². The van der Waals surface area contributed by atoms with Crippen LogP contribution in [0.15, 0.2) is 12.3 Å². The fourth-order valence-electron chi connectivity index (χ4n) is 1.62. The van der Waals surface area contributed by atoms with E-state index in [1.807, 2.05) is 7.05 Å². The first-order valence-electron chi connectivity index (χ1n) is 5.41. The quantitative estimate of drug-likeness (QED) is 0.764. The number of aromatic nitrogens is 2. The van der Waals surface area contributed by atoms with Crippen molar-refractivity contribution in [3.63, 3.8) is 0 Å². The predicted molar refractivity (Wildman–Crippen MR) is 58.0 cm³/mol. The predicted octanol–water partition coefficient (Wildman–Crippen LogP) is 0.862. The zero-order valence-electron chi connectivity index (χ0n) is 9.49. The van der Waals surface area contributed by atoms with Crippen LogP contribution in [0.2, 0.25) is 0 Å². The Morgan fingerprint density at radius 2 is 2.38 bits per heavy atom. The van der Waals surface area contributed by atoms with Gasteiger partial charge in [0.2, 0.25) is 0 Å². The molecule has 0 atom stereocenters. The lowest BCUT2D eigenvalue weighted by molar-refractivity contribution is 0.0518. The molecule has 0 radical (unpaired) electrons. The van der Waals surface area contributed by atoms with Gasteiger partial charge in [0.05, 0.1) is 12.1 Å². The Balaban J connectivity index is 2.23. The Morgan fingerprint density at radius 3 is 2.94 bits per heavy atom. The molecular formula is C11H15N3O2. The van der Waals surface area contributed by atoms with Crippen molar-refractivity contribution >= 4 is 5.97 Å². The van der Waals surface area contributed by atoms with Gasteiger partial charge in [0.15, 0.2) is 5.69 Å². The average Bonchev–Trinajstić information content (AvgIpc) is 3.10. The molecule has 1 aromatic rings. The molecule has 1 saturated carbocycles. The van der Waals surface area contributed by atoms with E-state index in [2.05, 4.69) is 15.3 Å². The Bertz CT molecular complexity index is 402. The van der Waals surface area contributed by atoms with Crippen LogP contribution in [0.1, 0.15) is 36.1 Å². The van der Waals surface area contributed by atoms with Crippen LogP contribution < -0.4 is 5.32 Å². The first-order valence-corrected chi connectivity index (χ1v) is 5.41. The lowest BCUT2D eigenvalue weighted by atomic mass is 10.2. The standard InChI is InChI=1S/C11H15N3O2/c1-3-16-9(15)8-4-7-13-10(14-8)11(12-2)5-6-11/h4,7,12H,3,5-6H2,1-2H3. The van der Waals surface area contributed by atoms with Gasteiger partial charge >= 0.3 is 5.97 Å². The Kier molecular flexibility index (Phi) is 2.87. The molecule has 0 unspecified atom stereocenters. The number of ether oxygens (including phenoxy) is 1. The fraction of sp³-hybridized carbons (Fsp3) is 0.545. The number of hydrogen-bond donors (Lipinski definition) is 1. The van der Waals surface area contributed by atoms with Crippen LogP contribution in [0.4, 0.5) is 0 Å². The SMILES string of the molecule is CCOC(=O)c1ccnc(C2(NC)CC2)n1. The van der Waals surface area contributed by atoms with E-state index in [-0.39, 0.29) is 5.54 Å². The maximum atomic E-state index is 11.5. The highest BCUT2D eigenvalue weighted by Gasteiger charge is 2.45. The second kappa shape index (κ2) is 4.17. The molecule has 0 spiro atoms. The van der Waals surface area contributed by atoms with Crippen LogP contribution >= 0.6 is 0 Å². The number of nitrogens with one attached hydrogen (secondary N) is 1. The summed E-state index contributed by atoms with van der Waals surface area (Å²) in [6, 6.07) is 1.58. The first-order chi connectivity index (χ1) is 7.72. The summed E-state index contributed by atoms with van der Waals surface area (Å²) < 4.78 is 4.90. The van der Waals surface area contributed by atoms with E-state index < -0.39 is 5.97 Å². The molecule has 1 fully saturated rings. The second-order valence-corrected chi connectivity index (χ2v) is 3.82. The molecule has 1 N–H and O–H groups in total. The van der Waals surface area contributed by atoms with Gasteiger partial charge in [-0.25, -0.2) is 14.8 Å². The summed E-state index contributed by atoms with van der Waals surface area (Å²) in [5.74, 6) is 0.290. The molecule has 0 bridgehead atoms. The normalized spacial score (nSPS) is 16.9. The Hall–Kier alpha value is -1.49. The van der Waals surface area contributed by atoms with Crippen molar-refractivity contribution < 1.29 is 9.53 Å². The number of rotatable bonds is 4. The van der Waals surface area contributed by atoms with Gasteiger partial charge in [-0.2, -0.15) is 0 Å². The zero-order valence-corrected chi connectivity index (χ0v) is 9.49. The van der Waals surface area contributed by atoms with Crippen molar-refractivity contribution in [3.05, 3.63) is 23.8 Å². The molecule has 1 aromatic heterocycles. The van der Waals surface area contributed by atoms with Gasteiger partial charge in [-0.1, -0.05) is 0 Å². The largest absolute Gasteiger partial charge is 0.461 e. The maximum Gasteiger partial charge on any atom is 0.357 e. The van der Waals surface area contributed by atoms with Crippen molar-refractivity contribution in [3.8, 4) is 0 Å². The van der Waals surface area contributed by atoms with E-state index >= 15 is 0 Å². The van der Waals surface area contributed by atoms with Crippen LogP contribution in [0.25, 0.3) is 0 Å². The molecule has 0 amide bonds. The highest BCUT2D eigenvalue weighted by molar-refractivity contribution is 5.87. The summed E-state index contributed by atoms with van der Waals surface area (Å²) >= 11 is 0. The molecule has 86 valence electrons. The number of nitrogens with zero attached hydrogens (tertiary/aromatic N) is 2. The topological polar surface area (TPSA) is 64.1 Å². The van der Waals surface area contributed by atoms with Crippen LogP contribution in [0.5, 0.6) is 0 Å². The molecule has 5 heteroatoms. The second-order valence-electron chi connectivity index (χ2n) is 3.82. The highest BCUT2D eigenvalue weighted by Crippen LogP contribution is 2.43. The molecule has 2 rings (SSSR count). The van der Waals surface area contributed by atoms with Crippen molar-refractivity contribution in [2.24, 2.45) is 0 Å². The smallest absolute Gasteiger partial charge is 0.357 e. The molecular weight excluding hydrogens is 206 g/mol. The molecule has 0 saturated heterocycles. The molecule has 1 heterocycles. The fourth-order valence-corrected chi connectivity index (χ4v) is 1.62. The minimum Gasteiger partial charge on any atom is -0.461 e. The van der Waals surface area contributed by atoms with Crippen molar-refractivity contribution in [2.45, 2.75) is 25.3 Å². The summed E-state index contributed by atoms with van der Waals surface area (Å²) in [5, 5.41) is 3.19. The van der Waals surface area contributed by atoms with E-state index in [1.54, 1.807) is 19.2 Å².